The van der Waals surface area contributed by atoms with Crippen LogP contribution in [-0.4, -0.2) is 37.1 Å². The first-order valence-electron chi connectivity index (χ1n) is 11.2. The van der Waals surface area contributed by atoms with Crippen LogP contribution in [0.3, 0.4) is 0 Å². The molecule has 24 heavy (non-hydrogen) atoms. The molecule has 0 aromatic heterocycles. The Balaban J connectivity index is 1.75. The summed E-state index contributed by atoms with van der Waals surface area (Å²) in [5, 5.41) is 3.67. The average Bonchev–Trinajstić information content (AvgIpc) is 2.62. The van der Waals surface area contributed by atoms with Gasteiger partial charge in [0.1, 0.15) is 0 Å². The van der Waals surface area contributed by atoms with Crippen molar-refractivity contribution in [1.29, 1.82) is 0 Å². The molecule has 0 aromatic carbocycles. The Morgan fingerprint density at radius 1 is 0.833 bits per heavy atom. The third-order valence-electron chi connectivity index (χ3n) is 6.72. The third kappa shape index (κ3) is 6.67. The molecule has 0 aliphatic carbocycles. The molecule has 2 rings (SSSR count). The second-order valence-corrected chi connectivity index (χ2v) is 8.67. The van der Waals surface area contributed by atoms with Crippen LogP contribution >= 0.6 is 0 Å². The number of nitrogens with one attached hydrogen (secondary N) is 1. The van der Waals surface area contributed by atoms with E-state index in [9.17, 15) is 0 Å². The van der Waals surface area contributed by atoms with Gasteiger partial charge in [0.25, 0.3) is 0 Å². The van der Waals surface area contributed by atoms with Gasteiger partial charge in [0.2, 0.25) is 0 Å². The molecule has 2 heteroatoms. The molecule has 1 atom stereocenters. The first kappa shape index (κ1) is 20.2. The van der Waals surface area contributed by atoms with Crippen molar-refractivity contribution in [1.82, 2.24) is 10.2 Å². The van der Waals surface area contributed by atoms with Crippen LogP contribution in [-0.2, 0) is 0 Å². The lowest BCUT2D eigenvalue weighted by molar-refractivity contribution is 0.0476. The third-order valence-corrected chi connectivity index (χ3v) is 6.72. The van der Waals surface area contributed by atoms with Gasteiger partial charge in [-0.15, -0.1) is 0 Å². The Kier molecular flexibility index (Phi) is 9.71. The van der Waals surface area contributed by atoms with Crippen molar-refractivity contribution in [2.24, 2.45) is 5.41 Å². The summed E-state index contributed by atoms with van der Waals surface area (Å²) in [6, 6.07) is 0.882. The molecule has 1 unspecified atom stereocenters. The molecule has 0 amide bonds. The fraction of sp³-hybridized carbons (Fsp3) is 1.00. The first-order chi connectivity index (χ1) is 11.8. The van der Waals surface area contributed by atoms with Crippen molar-refractivity contribution < 1.29 is 0 Å². The molecule has 2 saturated heterocycles. The van der Waals surface area contributed by atoms with Crippen LogP contribution < -0.4 is 5.32 Å². The van der Waals surface area contributed by atoms with Crippen LogP contribution in [0.15, 0.2) is 0 Å². The Morgan fingerprint density at radius 3 is 2.08 bits per heavy atom. The van der Waals surface area contributed by atoms with Gasteiger partial charge < -0.3 is 10.2 Å². The summed E-state index contributed by atoms with van der Waals surface area (Å²) in [5.41, 5.74) is 0.657. The van der Waals surface area contributed by atoms with Crippen molar-refractivity contribution >= 4 is 0 Å². The van der Waals surface area contributed by atoms with E-state index in [1.54, 1.807) is 0 Å². The fourth-order valence-electron chi connectivity index (χ4n) is 4.94. The number of hydrogen-bond acceptors (Lipinski definition) is 2. The molecule has 2 heterocycles. The van der Waals surface area contributed by atoms with Crippen molar-refractivity contribution in [3.63, 3.8) is 0 Å². The van der Waals surface area contributed by atoms with Crippen LogP contribution in [0.4, 0.5) is 0 Å². The van der Waals surface area contributed by atoms with E-state index in [-0.39, 0.29) is 0 Å². The summed E-state index contributed by atoms with van der Waals surface area (Å²) in [6.07, 6.45) is 20.1. The molecule has 0 bridgehead atoms. The molecule has 0 aromatic rings. The zero-order valence-electron chi connectivity index (χ0n) is 16.8. The maximum atomic E-state index is 3.67. The smallest absolute Gasteiger partial charge is 0.00952 e. The van der Waals surface area contributed by atoms with Gasteiger partial charge in [-0.05, 0) is 63.6 Å². The molecular weight excluding hydrogens is 292 g/mol. The van der Waals surface area contributed by atoms with Crippen molar-refractivity contribution in [3.05, 3.63) is 0 Å². The van der Waals surface area contributed by atoms with E-state index in [1.807, 2.05) is 0 Å². The van der Waals surface area contributed by atoms with Crippen molar-refractivity contribution in [3.8, 4) is 0 Å². The minimum absolute atomic E-state index is 0.657. The number of likely N-dealkylation sites (tertiary alicyclic amines) is 1. The van der Waals surface area contributed by atoms with E-state index < -0.39 is 0 Å². The highest BCUT2D eigenvalue weighted by molar-refractivity contribution is 4.91. The van der Waals surface area contributed by atoms with E-state index in [1.165, 1.54) is 116 Å². The van der Waals surface area contributed by atoms with Crippen molar-refractivity contribution in [2.45, 2.75) is 110 Å². The van der Waals surface area contributed by atoms with Gasteiger partial charge >= 0.3 is 0 Å². The zero-order valence-corrected chi connectivity index (χ0v) is 16.8. The quantitative estimate of drug-likeness (QED) is 0.482. The molecule has 2 nitrogen and oxygen atoms in total. The van der Waals surface area contributed by atoms with Crippen LogP contribution in [0.5, 0.6) is 0 Å². The highest BCUT2D eigenvalue weighted by Gasteiger charge is 2.36. The molecule has 2 aliphatic heterocycles. The van der Waals surface area contributed by atoms with Crippen LogP contribution in [0.1, 0.15) is 104 Å². The SMILES string of the molecule is CCCCCCCC(CCCCC)N1CCC2(CCCNC2)CC1. The summed E-state index contributed by atoms with van der Waals surface area (Å²) < 4.78 is 0. The lowest BCUT2D eigenvalue weighted by Crippen LogP contribution is -2.50. The maximum Gasteiger partial charge on any atom is 0.00952 e. The highest BCUT2D eigenvalue weighted by Crippen LogP contribution is 2.38. The van der Waals surface area contributed by atoms with E-state index in [2.05, 4.69) is 24.1 Å². The van der Waals surface area contributed by atoms with Gasteiger partial charge in [-0.2, -0.15) is 0 Å². The lowest BCUT2D eigenvalue weighted by atomic mass is 9.72. The highest BCUT2D eigenvalue weighted by atomic mass is 15.2. The normalized spacial score (nSPS) is 22.8. The van der Waals surface area contributed by atoms with E-state index >= 15 is 0 Å². The maximum absolute atomic E-state index is 3.67. The average molecular weight is 337 g/mol. The van der Waals surface area contributed by atoms with E-state index in [0.29, 0.717) is 5.41 Å². The van der Waals surface area contributed by atoms with E-state index in [0.717, 1.165) is 6.04 Å². The number of piperidine rings is 2. The summed E-state index contributed by atoms with van der Waals surface area (Å²) in [4.78, 5) is 2.88. The summed E-state index contributed by atoms with van der Waals surface area (Å²) in [5.74, 6) is 0. The molecule has 1 N–H and O–H groups in total. The largest absolute Gasteiger partial charge is 0.316 e. The molecule has 2 aliphatic rings. The second-order valence-electron chi connectivity index (χ2n) is 8.67. The topological polar surface area (TPSA) is 15.3 Å². The predicted molar refractivity (Wildman–Crippen MR) is 107 cm³/mol. The Morgan fingerprint density at radius 2 is 1.46 bits per heavy atom. The minimum Gasteiger partial charge on any atom is -0.316 e. The minimum atomic E-state index is 0.657. The number of hydrogen-bond donors (Lipinski definition) is 1. The number of rotatable bonds is 11. The van der Waals surface area contributed by atoms with Crippen LogP contribution in [0, 0.1) is 5.41 Å². The predicted octanol–water partition coefficient (Wildman–Crippen LogP) is 5.76. The van der Waals surface area contributed by atoms with Crippen LogP contribution in [0.2, 0.25) is 0 Å². The first-order valence-corrected chi connectivity index (χ1v) is 11.2. The second kappa shape index (κ2) is 11.5. The summed E-state index contributed by atoms with van der Waals surface area (Å²) >= 11 is 0. The van der Waals surface area contributed by atoms with Gasteiger partial charge in [0.05, 0.1) is 0 Å². The molecule has 1 spiro atoms. The standard InChI is InChI=1S/C22H44N2/c1-3-5-7-8-10-13-21(12-9-6-4-2)24-18-15-22(16-19-24)14-11-17-23-20-22/h21,23H,3-20H2,1-2H3. The molecular formula is C22H44N2. The van der Waals surface area contributed by atoms with Gasteiger partial charge in [-0.3, -0.25) is 0 Å². The number of nitrogens with zero attached hydrogens (tertiary/aromatic N) is 1. The van der Waals surface area contributed by atoms with Gasteiger partial charge in [0, 0.05) is 12.6 Å². The molecule has 2 fully saturated rings. The zero-order chi connectivity index (χ0) is 17.1. The molecule has 0 radical (unpaired) electrons. The fourth-order valence-corrected chi connectivity index (χ4v) is 4.94. The van der Waals surface area contributed by atoms with Gasteiger partial charge in [-0.1, -0.05) is 65.2 Å². The number of unbranched alkanes of at least 4 members (excludes halogenated alkanes) is 6. The van der Waals surface area contributed by atoms with Crippen molar-refractivity contribution in [2.75, 3.05) is 26.2 Å². The molecule has 142 valence electrons. The van der Waals surface area contributed by atoms with Crippen LogP contribution in [0.25, 0.3) is 0 Å². The summed E-state index contributed by atoms with van der Waals surface area (Å²) in [6.45, 7) is 9.93. The Hall–Kier alpha value is -0.0800. The van der Waals surface area contributed by atoms with Gasteiger partial charge in [0.15, 0.2) is 0 Å². The summed E-state index contributed by atoms with van der Waals surface area (Å²) in [7, 11) is 0. The lowest BCUT2D eigenvalue weighted by Gasteiger charge is -2.46. The monoisotopic (exact) mass is 336 g/mol. The Labute approximate surface area is 152 Å². The molecule has 0 saturated carbocycles. The van der Waals surface area contributed by atoms with E-state index in [4.69, 9.17) is 0 Å². The Bertz CT molecular complexity index is 299. The van der Waals surface area contributed by atoms with Gasteiger partial charge in [-0.25, -0.2) is 0 Å².